The molecule has 1 aliphatic rings. The Morgan fingerprint density at radius 3 is 2.27 bits per heavy atom. The van der Waals surface area contributed by atoms with Crippen molar-refractivity contribution in [1.29, 1.82) is 0 Å². The summed E-state index contributed by atoms with van der Waals surface area (Å²) in [6.45, 7) is 4.39. The molecule has 0 heterocycles. The Kier molecular flexibility index (Phi) is 2.79. The van der Waals surface area contributed by atoms with Crippen molar-refractivity contribution in [2.24, 2.45) is 11.8 Å². The minimum absolute atomic E-state index is 0.0595. The fourth-order valence-electron chi connectivity index (χ4n) is 3.10. The average Bonchev–Trinajstić information content (AvgIpc) is 2.22. The Morgan fingerprint density at radius 2 is 1.73 bits per heavy atom. The fraction of sp³-hybridized carbons (Fsp3) is 0.538. The van der Waals surface area contributed by atoms with Gasteiger partial charge in [0, 0.05) is 6.04 Å². The fourth-order valence-corrected chi connectivity index (χ4v) is 3.10. The van der Waals surface area contributed by atoms with Gasteiger partial charge >= 0.3 is 0 Å². The van der Waals surface area contributed by atoms with Crippen LogP contribution in [0, 0.1) is 17.7 Å². The van der Waals surface area contributed by atoms with Gasteiger partial charge in [-0.15, -0.1) is 0 Å². The van der Waals surface area contributed by atoms with Crippen LogP contribution in [0.15, 0.2) is 24.3 Å². The molecular weight excluding hydrogens is 189 g/mol. The van der Waals surface area contributed by atoms with E-state index >= 15 is 0 Å². The Labute approximate surface area is 90.7 Å². The van der Waals surface area contributed by atoms with Crippen molar-refractivity contribution >= 4 is 0 Å². The number of rotatable bonds is 2. The lowest BCUT2D eigenvalue weighted by molar-refractivity contribution is 0.101. The molecular formula is C13H18FN. The van der Waals surface area contributed by atoms with Crippen LogP contribution in [-0.2, 0) is 0 Å². The Morgan fingerprint density at radius 1 is 1.13 bits per heavy atom. The summed E-state index contributed by atoms with van der Waals surface area (Å²) in [7, 11) is 1.98. The van der Waals surface area contributed by atoms with Gasteiger partial charge in [0.15, 0.2) is 0 Å². The zero-order chi connectivity index (χ0) is 11.0. The molecule has 0 amide bonds. The second-order valence-electron chi connectivity index (χ2n) is 4.58. The molecule has 1 nitrogen and oxygen atoms in total. The van der Waals surface area contributed by atoms with E-state index in [1.807, 2.05) is 19.2 Å². The van der Waals surface area contributed by atoms with Crippen LogP contribution in [0.3, 0.4) is 0 Å². The van der Waals surface area contributed by atoms with Gasteiger partial charge in [0.2, 0.25) is 0 Å². The summed E-state index contributed by atoms with van der Waals surface area (Å²) in [6.07, 6.45) is 0. The van der Waals surface area contributed by atoms with Crippen LogP contribution in [0.25, 0.3) is 0 Å². The lowest BCUT2D eigenvalue weighted by atomic mass is 9.59. The van der Waals surface area contributed by atoms with Crippen LogP contribution >= 0.6 is 0 Å². The molecule has 2 unspecified atom stereocenters. The molecule has 1 aromatic carbocycles. The first-order valence-corrected chi connectivity index (χ1v) is 5.58. The van der Waals surface area contributed by atoms with Crippen molar-refractivity contribution in [2.45, 2.75) is 25.8 Å². The van der Waals surface area contributed by atoms with Crippen LogP contribution in [-0.4, -0.2) is 13.1 Å². The number of halogens is 1. The molecule has 1 aromatic rings. The minimum atomic E-state index is -0.0595. The van der Waals surface area contributed by atoms with E-state index in [-0.39, 0.29) is 5.82 Å². The number of nitrogens with one attached hydrogen (secondary N) is 1. The predicted octanol–water partition coefficient (Wildman–Crippen LogP) is 2.78. The molecule has 0 bridgehead atoms. The SMILES string of the molecule is CNC1C(C)C(c2ccccc2F)C1C. The molecule has 0 saturated heterocycles. The summed E-state index contributed by atoms with van der Waals surface area (Å²) < 4.78 is 13.6. The first-order valence-electron chi connectivity index (χ1n) is 5.58. The van der Waals surface area contributed by atoms with Gasteiger partial charge in [0.1, 0.15) is 5.82 Å². The van der Waals surface area contributed by atoms with Gasteiger partial charge in [-0.05, 0) is 36.4 Å². The number of hydrogen-bond donors (Lipinski definition) is 1. The van der Waals surface area contributed by atoms with Crippen molar-refractivity contribution in [3.05, 3.63) is 35.6 Å². The standard InChI is InChI=1S/C13H18FN/c1-8-12(9(2)13(8)15-3)10-6-4-5-7-11(10)14/h4-9,12-13,15H,1-3H3. The van der Waals surface area contributed by atoms with Crippen LogP contribution < -0.4 is 5.32 Å². The van der Waals surface area contributed by atoms with Gasteiger partial charge in [-0.2, -0.15) is 0 Å². The maximum atomic E-state index is 13.6. The van der Waals surface area contributed by atoms with E-state index in [0.29, 0.717) is 23.8 Å². The number of benzene rings is 1. The van der Waals surface area contributed by atoms with E-state index in [2.05, 4.69) is 19.2 Å². The molecule has 0 aliphatic heterocycles. The van der Waals surface area contributed by atoms with Gasteiger partial charge in [0.25, 0.3) is 0 Å². The highest BCUT2D eigenvalue weighted by molar-refractivity contribution is 5.27. The lowest BCUT2D eigenvalue weighted by Gasteiger charge is -2.49. The number of hydrogen-bond acceptors (Lipinski definition) is 1. The first kappa shape index (κ1) is 10.6. The topological polar surface area (TPSA) is 12.0 Å². The summed E-state index contributed by atoms with van der Waals surface area (Å²) in [4.78, 5) is 0. The van der Waals surface area contributed by atoms with Crippen molar-refractivity contribution < 1.29 is 4.39 Å². The Hall–Kier alpha value is -0.890. The maximum Gasteiger partial charge on any atom is 0.126 e. The lowest BCUT2D eigenvalue weighted by Crippen LogP contribution is -2.53. The van der Waals surface area contributed by atoms with E-state index in [1.165, 1.54) is 0 Å². The molecule has 2 rings (SSSR count). The van der Waals surface area contributed by atoms with Crippen molar-refractivity contribution in [2.75, 3.05) is 7.05 Å². The van der Waals surface area contributed by atoms with Crippen LogP contribution in [0.1, 0.15) is 25.3 Å². The Balaban J connectivity index is 2.24. The largest absolute Gasteiger partial charge is 0.316 e. The molecule has 1 saturated carbocycles. The first-order chi connectivity index (χ1) is 7.16. The third-order valence-electron chi connectivity index (χ3n) is 3.86. The molecule has 15 heavy (non-hydrogen) atoms. The van der Waals surface area contributed by atoms with E-state index in [4.69, 9.17) is 0 Å². The predicted molar refractivity (Wildman–Crippen MR) is 60.3 cm³/mol. The molecule has 82 valence electrons. The van der Waals surface area contributed by atoms with Crippen molar-refractivity contribution in [1.82, 2.24) is 5.32 Å². The molecule has 2 atom stereocenters. The van der Waals surface area contributed by atoms with Gasteiger partial charge < -0.3 is 5.32 Å². The summed E-state index contributed by atoms with van der Waals surface area (Å²) in [6, 6.07) is 7.67. The van der Waals surface area contributed by atoms with E-state index in [1.54, 1.807) is 12.1 Å². The third-order valence-corrected chi connectivity index (χ3v) is 3.86. The highest BCUT2D eigenvalue weighted by Gasteiger charge is 2.45. The molecule has 0 radical (unpaired) electrons. The van der Waals surface area contributed by atoms with E-state index in [9.17, 15) is 4.39 Å². The third kappa shape index (κ3) is 1.57. The van der Waals surface area contributed by atoms with Crippen LogP contribution in [0.5, 0.6) is 0 Å². The van der Waals surface area contributed by atoms with Gasteiger partial charge in [-0.25, -0.2) is 4.39 Å². The van der Waals surface area contributed by atoms with Crippen molar-refractivity contribution in [3.8, 4) is 0 Å². The van der Waals surface area contributed by atoms with Crippen molar-refractivity contribution in [3.63, 3.8) is 0 Å². The normalized spacial score (nSPS) is 34.9. The second kappa shape index (κ2) is 3.93. The highest BCUT2D eigenvalue weighted by Crippen LogP contribution is 2.47. The molecule has 0 spiro atoms. The van der Waals surface area contributed by atoms with Gasteiger partial charge in [-0.3, -0.25) is 0 Å². The minimum Gasteiger partial charge on any atom is -0.316 e. The van der Waals surface area contributed by atoms with E-state index in [0.717, 1.165) is 5.56 Å². The zero-order valence-corrected chi connectivity index (χ0v) is 9.50. The average molecular weight is 207 g/mol. The molecule has 1 fully saturated rings. The quantitative estimate of drug-likeness (QED) is 0.786. The molecule has 2 heteroatoms. The summed E-state index contributed by atoms with van der Waals surface area (Å²) in [5.41, 5.74) is 0.879. The summed E-state index contributed by atoms with van der Waals surface area (Å²) in [5.74, 6) is 1.34. The van der Waals surface area contributed by atoms with E-state index < -0.39 is 0 Å². The van der Waals surface area contributed by atoms with Crippen LogP contribution in [0.2, 0.25) is 0 Å². The molecule has 1 aliphatic carbocycles. The Bertz CT molecular complexity index is 340. The van der Waals surface area contributed by atoms with Gasteiger partial charge in [0.05, 0.1) is 0 Å². The molecule has 1 N–H and O–H groups in total. The monoisotopic (exact) mass is 207 g/mol. The zero-order valence-electron chi connectivity index (χ0n) is 9.50. The second-order valence-corrected chi connectivity index (χ2v) is 4.58. The van der Waals surface area contributed by atoms with Gasteiger partial charge in [-0.1, -0.05) is 32.0 Å². The smallest absolute Gasteiger partial charge is 0.126 e. The molecule has 0 aromatic heterocycles. The van der Waals surface area contributed by atoms with Crippen LogP contribution in [0.4, 0.5) is 4.39 Å². The summed E-state index contributed by atoms with van der Waals surface area (Å²) in [5, 5.41) is 3.30. The highest BCUT2D eigenvalue weighted by atomic mass is 19.1. The summed E-state index contributed by atoms with van der Waals surface area (Å²) >= 11 is 0. The maximum absolute atomic E-state index is 13.6.